The molecule has 34 heavy (non-hydrogen) atoms. The number of ketones is 1. The van der Waals surface area contributed by atoms with Crippen LogP contribution in [0.5, 0.6) is 0 Å². The van der Waals surface area contributed by atoms with Crippen LogP contribution in [0.3, 0.4) is 0 Å². The second-order valence-electron chi connectivity index (χ2n) is 7.44. The van der Waals surface area contributed by atoms with Gasteiger partial charge in [0.1, 0.15) is 17.4 Å². The number of furan rings is 1. The van der Waals surface area contributed by atoms with Crippen LogP contribution >= 0.6 is 23.2 Å². The third kappa shape index (κ3) is 4.42. The number of urea groups is 1. The molecule has 6 nitrogen and oxygen atoms in total. The molecule has 1 aromatic heterocycles. The van der Waals surface area contributed by atoms with E-state index in [9.17, 15) is 27.9 Å². The lowest BCUT2D eigenvalue weighted by Crippen LogP contribution is -2.71. The first-order valence-corrected chi connectivity index (χ1v) is 10.5. The standard InChI is InChI=1S/C23H15Cl2F3N2O4/c24-15-8-6-13(10-16(15)25)18-9-7-14(34-18)11-17-19(20(31)12-4-2-1-3-5-12)22(33,23(26,27)28)30-21(32)29-17/h1-11,19,33H,(H2,29,30,32)/b17-11-/t19-,22-/m0/s1. The quantitative estimate of drug-likeness (QED) is 0.395. The van der Waals surface area contributed by atoms with Crippen molar-refractivity contribution in [1.29, 1.82) is 0 Å². The minimum atomic E-state index is -5.37. The average molecular weight is 511 g/mol. The van der Waals surface area contributed by atoms with Crippen LogP contribution in [0.25, 0.3) is 17.4 Å². The topological polar surface area (TPSA) is 91.6 Å². The number of hydrogen-bond acceptors (Lipinski definition) is 4. The lowest BCUT2D eigenvalue weighted by atomic mass is 9.82. The normalized spacial score (nSPS) is 21.8. The lowest BCUT2D eigenvalue weighted by Gasteiger charge is -2.41. The van der Waals surface area contributed by atoms with E-state index in [0.717, 1.165) is 6.08 Å². The zero-order valence-corrected chi connectivity index (χ0v) is 18.5. The number of rotatable bonds is 4. The van der Waals surface area contributed by atoms with E-state index in [1.807, 2.05) is 0 Å². The molecule has 2 heterocycles. The van der Waals surface area contributed by atoms with E-state index in [2.05, 4.69) is 5.32 Å². The smallest absolute Gasteiger partial charge is 0.437 e. The van der Waals surface area contributed by atoms with Crippen molar-refractivity contribution in [2.24, 2.45) is 5.92 Å². The molecule has 1 aliphatic heterocycles. The van der Waals surface area contributed by atoms with Gasteiger partial charge in [0.2, 0.25) is 0 Å². The summed E-state index contributed by atoms with van der Waals surface area (Å²) in [5.41, 5.74) is -3.90. The highest BCUT2D eigenvalue weighted by molar-refractivity contribution is 6.42. The number of aliphatic hydroxyl groups is 1. The van der Waals surface area contributed by atoms with Gasteiger partial charge in [0, 0.05) is 22.9 Å². The van der Waals surface area contributed by atoms with E-state index in [-0.39, 0.29) is 16.3 Å². The summed E-state index contributed by atoms with van der Waals surface area (Å²) >= 11 is 11.9. The Morgan fingerprint density at radius 2 is 1.76 bits per heavy atom. The monoisotopic (exact) mass is 510 g/mol. The molecule has 0 unspecified atom stereocenters. The predicted octanol–water partition coefficient (Wildman–Crippen LogP) is 5.66. The number of carbonyl (C=O) groups is 2. The Balaban J connectivity index is 1.79. The summed E-state index contributed by atoms with van der Waals surface area (Å²) in [5, 5.41) is 14.8. The van der Waals surface area contributed by atoms with Crippen molar-refractivity contribution in [3.8, 4) is 11.3 Å². The maximum absolute atomic E-state index is 13.9. The summed E-state index contributed by atoms with van der Waals surface area (Å²) in [7, 11) is 0. The van der Waals surface area contributed by atoms with E-state index in [1.54, 1.807) is 18.2 Å². The van der Waals surface area contributed by atoms with Gasteiger partial charge in [0.25, 0.3) is 5.72 Å². The highest BCUT2D eigenvalue weighted by Crippen LogP contribution is 2.41. The number of halogens is 5. The summed E-state index contributed by atoms with van der Waals surface area (Å²) in [4.78, 5) is 25.2. The lowest BCUT2D eigenvalue weighted by molar-refractivity contribution is -0.279. The van der Waals surface area contributed by atoms with Crippen LogP contribution in [0.15, 0.2) is 70.8 Å². The fraction of sp³-hybridized carbons (Fsp3) is 0.130. The van der Waals surface area contributed by atoms with Gasteiger partial charge in [-0.2, -0.15) is 13.2 Å². The number of Topliss-reactive ketones (excluding diaryl/α,β-unsaturated/α-hetero) is 1. The first-order chi connectivity index (χ1) is 16.0. The molecule has 0 aliphatic carbocycles. The van der Waals surface area contributed by atoms with Crippen LogP contribution < -0.4 is 10.6 Å². The van der Waals surface area contributed by atoms with Gasteiger partial charge in [-0.3, -0.25) is 4.79 Å². The first-order valence-electron chi connectivity index (χ1n) is 9.74. The SMILES string of the molecule is O=C1N/C(=C\c2ccc(-c3ccc(Cl)c(Cl)c3)o2)[C@@H](C(=O)c2ccccc2)[C@](O)(C(F)(F)F)N1. The van der Waals surface area contributed by atoms with Gasteiger partial charge in [-0.1, -0.05) is 53.5 Å². The largest absolute Gasteiger partial charge is 0.457 e. The van der Waals surface area contributed by atoms with Gasteiger partial charge in [-0.05, 0) is 30.3 Å². The van der Waals surface area contributed by atoms with Crippen molar-refractivity contribution in [1.82, 2.24) is 10.6 Å². The molecule has 1 aliphatic rings. The van der Waals surface area contributed by atoms with Crippen LogP contribution in [0, 0.1) is 5.92 Å². The molecule has 0 spiro atoms. The Labute approximate surface area is 201 Å². The Bertz CT molecular complexity index is 1290. The highest BCUT2D eigenvalue weighted by Gasteiger charge is 2.65. The molecule has 3 N–H and O–H groups in total. The molecule has 0 radical (unpaired) electrons. The molecule has 3 aromatic rings. The van der Waals surface area contributed by atoms with Gasteiger partial charge in [0.05, 0.1) is 10.0 Å². The third-order valence-corrected chi connectivity index (χ3v) is 5.91. The maximum Gasteiger partial charge on any atom is 0.437 e. The predicted molar refractivity (Wildman–Crippen MR) is 119 cm³/mol. The minimum Gasteiger partial charge on any atom is -0.457 e. The van der Waals surface area contributed by atoms with E-state index in [0.29, 0.717) is 16.3 Å². The molecule has 11 heteroatoms. The Kier molecular flexibility index (Phi) is 6.20. The van der Waals surface area contributed by atoms with Crippen molar-refractivity contribution in [2.75, 3.05) is 0 Å². The second-order valence-corrected chi connectivity index (χ2v) is 8.25. The minimum absolute atomic E-state index is 0.0219. The molecule has 1 saturated heterocycles. The molecule has 2 atom stereocenters. The van der Waals surface area contributed by atoms with Gasteiger partial charge in [-0.15, -0.1) is 0 Å². The van der Waals surface area contributed by atoms with Crippen LogP contribution in [0.2, 0.25) is 10.0 Å². The molecule has 0 bridgehead atoms. The second kappa shape index (κ2) is 8.83. The number of alkyl halides is 3. The molecular formula is C23H15Cl2F3N2O4. The van der Waals surface area contributed by atoms with Crippen molar-refractivity contribution >= 4 is 41.1 Å². The van der Waals surface area contributed by atoms with Crippen LogP contribution in [0.4, 0.5) is 18.0 Å². The highest BCUT2D eigenvalue weighted by atomic mass is 35.5. The fourth-order valence-electron chi connectivity index (χ4n) is 3.55. The molecule has 1 fully saturated rings. The van der Waals surface area contributed by atoms with E-state index < -0.39 is 35.3 Å². The van der Waals surface area contributed by atoms with Crippen LogP contribution in [-0.2, 0) is 0 Å². The zero-order valence-electron chi connectivity index (χ0n) is 17.0. The van der Waals surface area contributed by atoms with Crippen LogP contribution in [0.1, 0.15) is 16.1 Å². The molecule has 0 saturated carbocycles. The third-order valence-electron chi connectivity index (χ3n) is 5.17. The number of nitrogens with one attached hydrogen (secondary N) is 2. The summed E-state index contributed by atoms with van der Waals surface area (Å²) in [6, 6.07) is 13.5. The van der Waals surface area contributed by atoms with Gasteiger partial charge >= 0.3 is 12.2 Å². The Hall–Kier alpha value is -3.27. The number of amides is 2. The van der Waals surface area contributed by atoms with Gasteiger partial charge in [-0.25, -0.2) is 4.79 Å². The summed E-state index contributed by atoms with van der Waals surface area (Å²) in [6.45, 7) is 0. The summed E-state index contributed by atoms with van der Waals surface area (Å²) < 4.78 is 47.4. The van der Waals surface area contributed by atoms with Gasteiger partial charge < -0.3 is 20.2 Å². The Morgan fingerprint density at radius 1 is 1.06 bits per heavy atom. The molecule has 2 aromatic carbocycles. The summed E-state index contributed by atoms with van der Waals surface area (Å²) in [6.07, 6.45) is -4.31. The number of hydrogen-bond donors (Lipinski definition) is 3. The molecule has 4 rings (SSSR count). The summed E-state index contributed by atoms with van der Waals surface area (Å²) in [5.74, 6) is -2.96. The molecule has 2 amide bonds. The van der Waals surface area contributed by atoms with E-state index in [4.69, 9.17) is 27.6 Å². The van der Waals surface area contributed by atoms with Crippen molar-refractivity contribution in [3.63, 3.8) is 0 Å². The zero-order chi connectivity index (χ0) is 24.7. The van der Waals surface area contributed by atoms with E-state index in [1.165, 1.54) is 47.8 Å². The molecule has 176 valence electrons. The first kappa shape index (κ1) is 23.9. The number of benzene rings is 2. The van der Waals surface area contributed by atoms with Crippen LogP contribution in [-0.4, -0.2) is 28.8 Å². The average Bonchev–Trinajstić information content (AvgIpc) is 3.23. The van der Waals surface area contributed by atoms with Crippen molar-refractivity contribution < 1.29 is 32.3 Å². The molecular weight excluding hydrogens is 496 g/mol. The fourth-order valence-corrected chi connectivity index (χ4v) is 3.85. The Morgan fingerprint density at radius 3 is 2.41 bits per heavy atom. The van der Waals surface area contributed by atoms with Crippen molar-refractivity contribution in [3.05, 3.63) is 87.7 Å². The number of carbonyl (C=O) groups excluding carboxylic acids is 2. The van der Waals surface area contributed by atoms with E-state index >= 15 is 0 Å². The van der Waals surface area contributed by atoms with Crippen molar-refractivity contribution in [2.45, 2.75) is 11.9 Å². The van der Waals surface area contributed by atoms with Gasteiger partial charge in [0.15, 0.2) is 5.78 Å². The maximum atomic E-state index is 13.9.